The largest absolute Gasteiger partial charge is 0.462 e. The number of hydrogen-bond donors (Lipinski definition) is 1. The van der Waals surface area contributed by atoms with Crippen LogP contribution < -0.4 is 0 Å². The summed E-state index contributed by atoms with van der Waals surface area (Å²) in [5, 5.41) is 10.1. The molecule has 0 saturated heterocycles. The van der Waals surface area contributed by atoms with E-state index in [1.54, 1.807) is 0 Å². The van der Waals surface area contributed by atoms with Crippen LogP contribution in [0.15, 0.2) is 0 Å². The lowest BCUT2D eigenvalue weighted by atomic mass is 9.83. The normalized spacial score (nSPS) is 32.1. The van der Waals surface area contributed by atoms with Crippen molar-refractivity contribution in [3.05, 3.63) is 0 Å². The van der Waals surface area contributed by atoms with Gasteiger partial charge in [-0.25, -0.2) is 0 Å². The minimum absolute atomic E-state index is 0.0933. The molecule has 0 radical (unpaired) electrons. The maximum atomic E-state index is 10.7. The van der Waals surface area contributed by atoms with Gasteiger partial charge in [-0.15, -0.1) is 0 Å². The molecule has 0 unspecified atom stereocenters. The van der Waals surface area contributed by atoms with Crippen LogP contribution in [0, 0.1) is 11.8 Å². The molecule has 0 amide bonds. The molecule has 2 aliphatic rings. The Morgan fingerprint density at radius 3 is 2.69 bits per heavy atom. The SMILES string of the molecule is CC(=O)O[C@@H]1C[C@@H]1C[C@H](O)C1CCCCC1. The highest BCUT2D eigenvalue weighted by atomic mass is 16.5. The van der Waals surface area contributed by atoms with E-state index in [2.05, 4.69) is 0 Å². The lowest BCUT2D eigenvalue weighted by Gasteiger charge is -2.26. The standard InChI is InChI=1S/C13H22O3/c1-9(14)16-13-8-11(13)7-12(15)10-5-3-2-4-6-10/h10-13,15H,2-8H2,1H3/t11-,12-,13+/m0/s1. The first kappa shape index (κ1) is 11.9. The van der Waals surface area contributed by atoms with Gasteiger partial charge < -0.3 is 9.84 Å². The van der Waals surface area contributed by atoms with Gasteiger partial charge in [-0.2, -0.15) is 0 Å². The molecule has 0 aromatic heterocycles. The van der Waals surface area contributed by atoms with Crippen LogP contribution >= 0.6 is 0 Å². The smallest absolute Gasteiger partial charge is 0.302 e. The van der Waals surface area contributed by atoms with Crippen molar-refractivity contribution in [3.8, 4) is 0 Å². The van der Waals surface area contributed by atoms with Gasteiger partial charge >= 0.3 is 5.97 Å². The summed E-state index contributed by atoms with van der Waals surface area (Å²) < 4.78 is 5.11. The lowest BCUT2D eigenvalue weighted by Crippen LogP contribution is -2.24. The Bertz CT molecular complexity index is 246. The fourth-order valence-corrected chi connectivity index (χ4v) is 2.85. The Balaban J connectivity index is 1.68. The molecule has 0 spiro atoms. The molecule has 16 heavy (non-hydrogen) atoms. The highest BCUT2D eigenvalue weighted by molar-refractivity contribution is 5.66. The summed E-state index contributed by atoms with van der Waals surface area (Å²) in [4.78, 5) is 10.7. The number of carbonyl (C=O) groups excluding carboxylic acids is 1. The van der Waals surface area contributed by atoms with Gasteiger partial charge in [0.2, 0.25) is 0 Å². The van der Waals surface area contributed by atoms with E-state index in [-0.39, 0.29) is 18.2 Å². The molecule has 92 valence electrons. The summed E-state index contributed by atoms with van der Waals surface area (Å²) >= 11 is 0. The van der Waals surface area contributed by atoms with Gasteiger partial charge in [0, 0.05) is 12.8 Å². The minimum atomic E-state index is -0.195. The van der Waals surface area contributed by atoms with Gasteiger partial charge in [0.05, 0.1) is 6.10 Å². The lowest BCUT2D eigenvalue weighted by molar-refractivity contribution is -0.142. The molecule has 2 aliphatic carbocycles. The maximum Gasteiger partial charge on any atom is 0.302 e. The number of aliphatic hydroxyl groups is 1. The summed E-state index contributed by atoms with van der Waals surface area (Å²) in [6.07, 6.45) is 7.88. The Kier molecular flexibility index (Phi) is 3.85. The zero-order chi connectivity index (χ0) is 11.5. The molecule has 0 heterocycles. The van der Waals surface area contributed by atoms with Gasteiger partial charge in [0.1, 0.15) is 6.10 Å². The predicted molar refractivity (Wildman–Crippen MR) is 60.9 cm³/mol. The second kappa shape index (κ2) is 5.17. The van der Waals surface area contributed by atoms with Crippen molar-refractivity contribution in [1.82, 2.24) is 0 Å². The van der Waals surface area contributed by atoms with Crippen molar-refractivity contribution in [3.63, 3.8) is 0 Å². The number of esters is 1. The van der Waals surface area contributed by atoms with Crippen LogP contribution in [0.1, 0.15) is 51.9 Å². The van der Waals surface area contributed by atoms with Crippen LogP contribution in [0.5, 0.6) is 0 Å². The molecule has 3 heteroatoms. The molecule has 2 fully saturated rings. The summed E-state index contributed by atoms with van der Waals surface area (Å²) in [5.74, 6) is 0.716. The van der Waals surface area contributed by atoms with Crippen LogP contribution in [-0.2, 0) is 9.53 Å². The van der Waals surface area contributed by atoms with Crippen molar-refractivity contribution < 1.29 is 14.6 Å². The molecular formula is C13H22O3. The van der Waals surface area contributed by atoms with E-state index >= 15 is 0 Å². The summed E-state index contributed by atoms with van der Waals surface area (Å²) in [5.41, 5.74) is 0. The van der Waals surface area contributed by atoms with Crippen molar-refractivity contribution in [2.75, 3.05) is 0 Å². The first-order valence-corrected chi connectivity index (χ1v) is 6.52. The van der Waals surface area contributed by atoms with Gasteiger partial charge in [0.25, 0.3) is 0 Å². The van der Waals surface area contributed by atoms with Crippen LogP contribution in [0.25, 0.3) is 0 Å². The van der Waals surface area contributed by atoms with E-state index in [1.807, 2.05) is 0 Å². The number of ether oxygens (including phenoxy) is 1. The van der Waals surface area contributed by atoms with Crippen LogP contribution in [0.3, 0.4) is 0 Å². The van der Waals surface area contributed by atoms with Gasteiger partial charge in [-0.05, 0) is 31.6 Å². The van der Waals surface area contributed by atoms with Gasteiger partial charge in [0.15, 0.2) is 0 Å². The number of aliphatic hydroxyl groups excluding tert-OH is 1. The van der Waals surface area contributed by atoms with Crippen LogP contribution in [0.2, 0.25) is 0 Å². The highest BCUT2D eigenvalue weighted by Gasteiger charge is 2.42. The molecule has 0 aromatic rings. The summed E-state index contributed by atoms with van der Waals surface area (Å²) in [6, 6.07) is 0. The number of carbonyl (C=O) groups is 1. The predicted octanol–water partition coefficient (Wildman–Crippen LogP) is 2.27. The van der Waals surface area contributed by atoms with E-state index in [9.17, 15) is 9.90 Å². The van der Waals surface area contributed by atoms with Crippen LogP contribution in [-0.4, -0.2) is 23.3 Å². The minimum Gasteiger partial charge on any atom is -0.462 e. The Hall–Kier alpha value is -0.570. The Morgan fingerprint density at radius 1 is 1.38 bits per heavy atom. The summed E-state index contributed by atoms with van der Waals surface area (Å²) in [7, 11) is 0. The van der Waals surface area contributed by atoms with Crippen molar-refractivity contribution >= 4 is 5.97 Å². The number of rotatable bonds is 4. The second-order valence-electron chi connectivity index (χ2n) is 5.34. The monoisotopic (exact) mass is 226 g/mol. The van der Waals surface area contributed by atoms with Crippen LogP contribution in [0.4, 0.5) is 0 Å². The Morgan fingerprint density at radius 2 is 2.06 bits per heavy atom. The van der Waals surface area contributed by atoms with Gasteiger partial charge in [-0.1, -0.05) is 19.3 Å². The Labute approximate surface area is 97.2 Å². The van der Waals surface area contributed by atoms with E-state index in [4.69, 9.17) is 4.74 Å². The van der Waals surface area contributed by atoms with E-state index in [1.165, 1.54) is 39.0 Å². The first-order chi connectivity index (χ1) is 7.66. The zero-order valence-corrected chi connectivity index (χ0v) is 10.0. The maximum absolute atomic E-state index is 10.7. The summed E-state index contributed by atoms with van der Waals surface area (Å²) in [6.45, 7) is 1.45. The van der Waals surface area contributed by atoms with Gasteiger partial charge in [-0.3, -0.25) is 4.79 Å². The number of hydrogen-bond acceptors (Lipinski definition) is 3. The molecule has 0 bridgehead atoms. The third-order valence-electron chi connectivity index (χ3n) is 3.91. The van der Waals surface area contributed by atoms with E-state index in [0.29, 0.717) is 11.8 Å². The third-order valence-corrected chi connectivity index (χ3v) is 3.91. The molecule has 3 nitrogen and oxygen atoms in total. The molecule has 3 atom stereocenters. The third kappa shape index (κ3) is 3.21. The fourth-order valence-electron chi connectivity index (χ4n) is 2.85. The quantitative estimate of drug-likeness (QED) is 0.748. The van der Waals surface area contributed by atoms with E-state index < -0.39 is 0 Å². The fraction of sp³-hybridized carbons (Fsp3) is 0.923. The second-order valence-corrected chi connectivity index (χ2v) is 5.34. The molecule has 0 aromatic carbocycles. The topological polar surface area (TPSA) is 46.5 Å². The van der Waals surface area contributed by atoms with Crippen molar-refractivity contribution in [2.24, 2.45) is 11.8 Å². The first-order valence-electron chi connectivity index (χ1n) is 6.52. The molecule has 0 aliphatic heterocycles. The molecule has 2 rings (SSSR count). The van der Waals surface area contributed by atoms with Crippen molar-refractivity contribution in [1.29, 1.82) is 0 Å². The zero-order valence-electron chi connectivity index (χ0n) is 10.0. The molecular weight excluding hydrogens is 204 g/mol. The highest BCUT2D eigenvalue weighted by Crippen LogP contribution is 2.40. The molecule has 2 saturated carbocycles. The average Bonchev–Trinajstić information content (AvgIpc) is 2.96. The van der Waals surface area contributed by atoms with Crippen molar-refractivity contribution in [2.45, 2.75) is 64.1 Å². The van der Waals surface area contributed by atoms with E-state index in [0.717, 1.165) is 12.8 Å². The molecule has 1 N–H and O–H groups in total. The average molecular weight is 226 g/mol.